The van der Waals surface area contributed by atoms with Crippen LogP contribution in [-0.4, -0.2) is 33.4 Å². The predicted octanol–water partition coefficient (Wildman–Crippen LogP) is 4.79. The van der Waals surface area contributed by atoms with Crippen molar-refractivity contribution in [3.63, 3.8) is 0 Å². The lowest BCUT2D eigenvalue weighted by Crippen LogP contribution is -2.27. The number of amides is 1. The number of rotatable bonds is 7. The van der Waals surface area contributed by atoms with Gasteiger partial charge in [-0.1, -0.05) is 36.4 Å². The quantitative estimate of drug-likeness (QED) is 0.530. The van der Waals surface area contributed by atoms with E-state index in [1.54, 1.807) is 18.2 Å². The van der Waals surface area contributed by atoms with E-state index in [2.05, 4.69) is 4.72 Å². The highest BCUT2D eigenvalue weighted by Crippen LogP contribution is 2.32. The second kappa shape index (κ2) is 9.53. The summed E-state index contributed by atoms with van der Waals surface area (Å²) in [5, 5.41) is 0. The van der Waals surface area contributed by atoms with Crippen molar-refractivity contribution >= 4 is 21.6 Å². The summed E-state index contributed by atoms with van der Waals surface area (Å²) in [5.41, 5.74) is -0.660. The van der Waals surface area contributed by atoms with Gasteiger partial charge in [0.2, 0.25) is 0 Å². The Bertz CT molecular complexity index is 1260. The molecule has 1 amide bonds. The van der Waals surface area contributed by atoms with Crippen molar-refractivity contribution in [2.24, 2.45) is 0 Å². The molecule has 3 aromatic carbocycles. The molecule has 1 N–H and O–H groups in total. The SMILES string of the molecule is COc1ccccc1NS(=O)(=O)c1cccc(C(=O)N(C)Cc2ccccc2C(F)(F)F)c1. The lowest BCUT2D eigenvalue weighted by molar-refractivity contribution is -0.138. The molecule has 0 atom stereocenters. The molecular weight excluding hydrogens is 457 g/mol. The van der Waals surface area contributed by atoms with Crippen LogP contribution in [0, 0.1) is 0 Å². The van der Waals surface area contributed by atoms with E-state index in [0.717, 1.165) is 11.0 Å². The third-order valence-corrected chi connectivity index (χ3v) is 6.18. The molecule has 0 spiro atoms. The van der Waals surface area contributed by atoms with E-state index in [4.69, 9.17) is 4.74 Å². The van der Waals surface area contributed by atoms with Crippen molar-refractivity contribution in [3.8, 4) is 5.75 Å². The molecule has 3 aromatic rings. The number of halogens is 3. The number of hydrogen-bond donors (Lipinski definition) is 1. The van der Waals surface area contributed by atoms with Gasteiger partial charge in [-0.2, -0.15) is 13.2 Å². The lowest BCUT2D eigenvalue weighted by atomic mass is 10.1. The summed E-state index contributed by atoms with van der Waals surface area (Å²) in [7, 11) is -1.31. The van der Waals surface area contributed by atoms with Crippen LogP contribution < -0.4 is 9.46 Å². The number of sulfonamides is 1. The van der Waals surface area contributed by atoms with Crippen LogP contribution in [0.4, 0.5) is 18.9 Å². The Balaban J connectivity index is 1.84. The highest BCUT2D eigenvalue weighted by atomic mass is 32.2. The molecule has 0 radical (unpaired) electrons. The normalized spacial score (nSPS) is 11.7. The molecule has 6 nitrogen and oxygen atoms in total. The van der Waals surface area contributed by atoms with Gasteiger partial charge in [-0.15, -0.1) is 0 Å². The summed E-state index contributed by atoms with van der Waals surface area (Å²) in [6, 6.07) is 16.7. The Kier molecular flexibility index (Phi) is 6.97. The molecule has 0 saturated carbocycles. The first kappa shape index (κ1) is 24.1. The van der Waals surface area contributed by atoms with Crippen LogP contribution in [0.2, 0.25) is 0 Å². The largest absolute Gasteiger partial charge is 0.495 e. The maximum absolute atomic E-state index is 13.3. The van der Waals surface area contributed by atoms with Crippen LogP contribution in [-0.2, 0) is 22.7 Å². The average Bonchev–Trinajstić information content (AvgIpc) is 2.78. The fraction of sp³-hybridized carbons (Fsp3) is 0.174. The Morgan fingerprint density at radius 1 is 1.00 bits per heavy atom. The van der Waals surface area contributed by atoms with Gasteiger partial charge in [-0.05, 0) is 42.0 Å². The van der Waals surface area contributed by atoms with Gasteiger partial charge in [0.25, 0.3) is 15.9 Å². The molecule has 3 rings (SSSR count). The fourth-order valence-corrected chi connectivity index (χ4v) is 4.33. The van der Waals surface area contributed by atoms with Crippen molar-refractivity contribution in [2.75, 3.05) is 18.9 Å². The standard InChI is InChI=1S/C23H21F3N2O4S/c1-28(15-17-8-3-4-11-19(17)23(24,25)26)22(29)16-9-7-10-18(14-16)33(30,31)27-20-12-5-6-13-21(20)32-2/h3-14,27H,15H2,1-2H3. The Labute approximate surface area is 189 Å². The second-order valence-corrected chi connectivity index (χ2v) is 8.83. The van der Waals surface area contributed by atoms with Gasteiger partial charge in [0, 0.05) is 19.2 Å². The van der Waals surface area contributed by atoms with Crippen LogP contribution in [0.25, 0.3) is 0 Å². The van der Waals surface area contributed by atoms with E-state index in [1.165, 1.54) is 62.7 Å². The zero-order valence-corrected chi connectivity index (χ0v) is 18.6. The summed E-state index contributed by atoms with van der Waals surface area (Å²) >= 11 is 0. The van der Waals surface area contributed by atoms with Gasteiger partial charge in [0.1, 0.15) is 5.75 Å². The third kappa shape index (κ3) is 5.64. The molecule has 0 aromatic heterocycles. The molecular formula is C23H21F3N2O4S. The number of para-hydroxylation sites is 2. The van der Waals surface area contributed by atoms with Crippen LogP contribution in [0.15, 0.2) is 77.7 Å². The summed E-state index contributed by atoms with van der Waals surface area (Å²) in [6.07, 6.45) is -4.56. The fourth-order valence-electron chi connectivity index (χ4n) is 3.21. The molecule has 33 heavy (non-hydrogen) atoms. The molecule has 0 heterocycles. The van der Waals surface area contributed by atoms with Crippen LogP contribution >= 0.6 is 0 Å². The second-order valence-electron chi connectivity index (χ2n) is 7.15. The average molecular weight is 478 g/mol. The Morgan fingerprint density at radius 2 is 1.67 bits per heavy atom. The van der Waals surface area contributed by atoms with Crippen molar-refractivity contribution in [1.82, 2.24) is 4.90 Å². The number of ether oxygens (including phenoxy) is 1. The van der Waals surface area contributed by atoms with Crippen molar-refractivity contribution in [1.29, 1.82) is 0 Å². The molecule has 0 aliphatic heterocycles. The van der Waals surface area contributed by atoms with E-state index >= 15 is 0 Å². The number of carbonyl (C=O) groups is 1. The zero-order valence-electron chi connectivity index (χ0n) is 17.8. The van der Waals surface area contributed by atoms with E-state index < -0.39 is 27.7 Å². The van der Waals surface area contributed by atoms with Gasteiger partial charge in [0.05, 0.1) is 23.3 Å². The molecule has 0 bridgehead atoms. The van der Waals surface area contributed by atoms with Gasteiger partial charge in [-0.3, -0.25) is 9.52 Å². The van der Waals surface area contributed by atoms with Crippen LogP contribution in [0.1, 0.15) is 21.5 Å². The monoisotopic (exact) mass is 478 g/mol. The number of methoxy groups -OCH3 is 1. The number of nitrogens with zero attached hydrogens (tertiary/aromatic N) is 1. The third-order valence-electron chi connectivity index (χ3n) is 4.82. The zero-order chi connectivity index (χ0) is 24.2. The van der Waals surface area contributed by atoms with Crippen molar-refractivity contribution in [2.45, 2.75) is 17.6 Å². The number of benzene rings is 3. The maximum atomic E-state index is 13.3. The van der Waals surface area contributed by atoms with Crippen LogP contribution in [0.5, 0.6) is 5.75 Å². The predicted molar refractivity (Wildman–Crippen MR) is 117 cm³/mol. The topological polar surface area (TPSA) is 75.7 Å². The number of hydrogen-bond acceptors (Lipinski definition) is 4. The van der Waals surface area contributed by atoms with Gasteiger partial charge < -0.3 is 9.64 Å². The summed E-state index contributed by atoms with van der Waals surface area (Å²) in [4.78, 5) is 13.8. The van der Waals surface area contributed by atoms with Gasteiger partial charge in [-0.25, -0.2) is 8.42 Å². The van der Waals surface area contributed by atoms with E-state index in [-0.39, 0.29) is 28.3 Å². The Morgan fingerprint density at radius 3 is 2.36 bits per heavy atom. The first-order chi connectivity index (χ1) is 15.5. The maximum Gasteiger partial charge on any atom is 0.416 e. The minimum atomic E-state index is -4.56. The highest BCUT2D eigenvalue weighted by Gasteiger charge is 2.33. The van der Waals surface area contributed by atoms with Crippen molar-refractivity contribution < 1.29 is 31.1 Å². The van der Waals surface area contributed by atoms with Gasteiger partial charge in [0.15, 0.2) is 0 Å². The molecule has 10 heteroatoms. The number of nitrogens with one attached hydrogen (secondary N) is 1. The summed E-state index contributed by atoms with van der Waals surface area (Å²) < 4.78 is 73.0. The lowest BCUT2D eigenvalue weighted by Gasteiger charge is -2.20. The minimum absolute atomic E-state index is 0.0184. The number of alkyl halides is 3. The van der Waals surface area contributed by atoms with E-state index in [0.29, 0.717) is 5.75 Å². The molecule has 0 aliphatic carbocycles. The van der Waals surface area contributed by atoms with Crippen LogP contribution in [0.3, 0.4) is 0 Å². The molecule has 0 fully saturated rings. The molecule has 0 aliphatic rings. The Hall–Kier alpha value is -3.53. The molecule has 0 unspecified atom stereocenters. The minimum Gasteiger partial charge on any atom is -0.495 e. The first-order valence-electron chi connectivity index (χ1n) is 9.69. The van der Waals surface area contributed by atoms with Crippen molar-refractivity contribution in [3.05, 3.63) is 89.5 Å². The van der Waals surface area contributed by atoms with E-state index in [9.17, 15) is 26.4 Å². The number of anilines is 1. The first-order valence-corrected chi connectivity index (χ1v) is 11.2. The summed E-state index contributed by atoms with van der Waals surface area (Å²) in [5.74, 6) is -0.308. The number of carbonyl (C=O) groups excluding carboxylic acids is 1. The summed E-state index contributed by atoms with van der Waals surface area (Å²) in [6.45, 7) is -0.301. The molecule has 174 valence electrons. The van der Waals surface area contributed by atoms with Gasteiger partial charge >= 0.3 is 6.18 Å². The molecule has 0 saturated heterocycles. The highest BCUT2D eigenvalue weighted by molar-refractivity contribution is 7.92. The smallest absolute Gasteiger partial charge is 0.416 e. The van der Waals surface area contributed by atoms with E-state index in [1.807, 2.05) is 0 Å².